The van der Waals surface area contributed by atoms with E-state index in [1.165, 1.54) is 12.1 Å². The fourth-order valence-corrected chi connectivity index (χ4v) is 2.39. The highest BCUT2D eigenvalue weighted by molar-refractivity contribution is 6.00. The molecule has 2 rings (SSSR count). The SMILES string of the molecule is N#C/C(=C\c1cc(O)c(O)c2c1CCCC2)C(N)=O. The molecule has 0 heterocycles. The number of nitrogens with zero attached hydrogens (tertiary/aromatic N) is 1. The molecule has 0 bridgehead atoms. The van der Waals surface area contributed by atoms with Crippen molar-refractivity contribution in [1.82, 2.24) is 0 Å². The first kappa shape index (κ1) is 13.0. The van der Waals surface area contributed by atoms with Crippen LogP contribution in [0.2, 0.25) is 0 Å². The normalized spacial score (nSPS) is 14.6. The maximum Gasteiger partial charge on any atom is 0.259 e. The van der Waals surface area contributed by atoms with Gasteiger partial charge in [0.05, 0.1) is 0 Å². The van der Waals surface area contributed by atoms with Crippen LogP contribution in [-0.4, -0.2) is 16.1 Å². The summed E-state index contributed by atoms with van der Waals surface area (Å²) in [7, 11) is 0. The number of primary amides is 1. The lowest BCUT2D eigenvalue weighted by atomic mass is 9.86. The van der Waals surface area contributed by atoms with Crippen LogP contribution in [-0.2, 0) is 17.6 Å². The van der Waals surface area contributed by atoms with Crippen LogP contribution in [0, 0.1) is 11.3 Å². The van der Waals surface area contributed by atoms with Crippen molar-refractivity contribution in [2.45, 2.75) is 25.7 Å². The fourth-order valence-electron chi connectivity index (χ4n) is 2.39. The average molecular weight is 258 g/mol. The van der Waals surface area contributed by atoms with Crippen molar-refractivity contribution in [3.8, 4) is 17.6 Å². The lowest BCUT2D eigenvalue weighted by molar-refractivity contribution is -0.114. The standard InChI is InChI=1S/C14H14N2O3/c15-7-9(14(16)19)5-8-6-12(17)13(18)11-4-2-1-3-10(8)11/h5-6,17-18H,1-4H2,(H2,16,19)/b9-5+. The van der Waals surface area contributed by atoms with Gasteiger partial charge in [-0.15, -0.1) is 0 Å². The maximum atomic E-state index is 11.1. The zero-order chi connectivity index (χ0) is 14.0. The molecular formula is C14H14N2O3. The van der Waals surface area contributed by atoms with E-state index >= 15 is 0 Å². The molecule has 1 aliphatic rings. The number of benzene rings is 1. The van der Waals surface area contributed by atoms with E-state index < -0.39 is 5.91 Å². The van der Waals surface area contributed by atoms with Gasteiger partial charge in [-0.2, -0.15) is 5.26 Å². The number of rotatable bonds is 2. The van der Waals surface area contributed by atoms with Gasteiger partial charge in [0.1, 0.15) is 11.6 Å². The molecule has 0 unspecified atom stereocenters. The molecular weight excluding hydrogens is 244 g/mol. The number of carbonyl (C=O) groups is 1. The van der Waals surface area contributed by atoms with Crippen LogP contribution in [0.15, 0.2) is 11.6 Å². The lowest BCUT2D eigenvalue weighted by Gasteiger charge is -2.20. The Hall–Kier alpha value is -2.48. The molecule has 19 heavy (non-hydrogen) atoms. The first-order valence-electron chi connectivity index (χ1n) is 6.03. The van der Waals surface area contributed by atoms with E-state index in [1.807, 2.05) is 0 Å². The Morgan fingerprint density at radius 2 is 1.95 bits per heavy atom. The van der Waals surface area contributed by atoms with Crippen LogP contribution in [0.1, 0.15) is 29.5 Å². The maximum absolute atomic E-state index is 11.1. The van der Waals surface area contributed by atoms with E-state index in [-0.39, 0.29) is 17.1 Å². The topological polar surface area (TPSA) is 107 Å². The summed E-state index contributed by atoms with van der Waals surface area (Å²) in [6.45, 7) is 0. The average Bonchev–Trinajstić information content (AvgIpc) is 2.41. The molecule has 0 saturated carbocycles. The van der Waals surface area contributed by atoms with Gasteiger partial charge in [0.2, 0.25) is 0 Å². The Morgan fingerprint density at radius 1 is 1.32 bits per heavy atom. The van der Waals surface area contributed by atoms with Crippen LogP contribution < -0.4 is 5.73 Å². The number of carbonyl (C=O) groups excluding carboxylic acids is 1. The number of phenolic OH excluding ortho intramolecular Hbond substituents is 2. The predicted molar refractivity (Wildman–Crippen MR) is 69.2 cm³/mol. The van der Waals surface area contributed by atoms with Crippen molar-refractivity contribution in [2.75, 3.05) is 0 Å². The van der Waals surface area contributed by atoms with Crippen molar-refractivity contribution in [3.63, 3.8) is 0 Å². The summed E-state index contributed by atoms with van der Waals surface area (Å²) in [5.74, 6) is -1.15. The van der Waals surface area contributed by atoms with Crippen molar-refractivity contribution in [2.24, 2.45) is 5.73 Å². The van der Waals surface area contributed by atoms with Gasteiger partial charge in [-0.3, -0.25) is 4.79 Å². The third-order valence-corrected chi connectivity index (χ3v) is 3.32. The van der Waals surface area contributed by atoms with E-state index in [0.29, 0.717) is 17.5 Å². The summed E-state index contributed by atoms with van der Waals surface area (Å²) in [6, 6.07) is 3.09. The fraction of sp³-hybridized carbons (Fsp3) is 0.286. The van der Waals surface area contributed by atoms with Gasteiger partial charge >= 0.3 is 0 Å². The summed E-state index contributed by atoms with van der Waals surface area (Å²) < 4.78 is 0. The van der Waals surface area contributed by atoms with Gasteiger partial charge in [-0.25, -0.2) is 0 Å². The van der Waals surface area contributed by atoms with Crippen LogP contribution >= 0.6 is 0 Å². The number of nitriles is 1. The van der Waals surface area contributed by atoms with Crippen LogP contribution in [0.5, 0.6) is 11.5 Å². The highest BCUT2D eigenvalue weighted by Gasteiger charge is 2.20. The third-order valence-electron chi connectivity index (χ3n) is 3.32. The van der Waals surface area contributed by atoms with Crippen LogP contribution in [0.25, 0.3) is 6.08 Å². The molecule has 1 aliphatic carbocycles. The van der Waals surface area contributed by atoms with E-state index in [4.69, 9.17) is 11.0 Å². The zero-order valence-electron chi connectivity index (χ0n) is 10.3. The number of phenols is 2. The molecule has 0 atom stereocenters. The van der Waals surface area contributed by atoms with E-state index in [0.717, 1.165) is 24.8 Å². The summed E-state index contributed by atoms with van der Waals surface area (Å²) in [5.41, 5.74) is 7.06. The second-order valence-electron chi connectivity index (χ2n) is 4.53. The van der Waals surface area contributed by atoms with Crippen molar-refractivity contribution in [1.29, 1.82) is 5.26 Å². The minimum absolute atomic E-state index is 0.107. The van der Waals surface area contributed by atoms with Crippen LogP contribution in [0.3, 0.4) is 0 Å². The smallest absolute Gasteiger partial charge is 0.259 e. The molecule has 0 aliphatic heterocycles. The summed E-state index contributed by atoms with van der Waals surface area (Å²) >= 11 is 0. The van der Waals surface area contributed by atoms with Crippen LogP contribution in [0.4, 0.5) is 0 Å². The number of nitrogens with two attached hydrogens (primary N) is 1. The number of hydrogen-bond donors (Lipinski definition) is 3. The Bertz CT molecular complexity index is 612. The van der Waals surface area contributed by atoms with E-state index in [2.05, 4.69) is 0 Å². The van der Waals surface area contributed by atoms with Crippen molar-refractivity contribution in [3.05, 3.63) is 28.3 Å². The molecule has 0 aromatic heterocycles. The summed E-state index contributed by atoms with van der Waals surface area (Å²) in [6.07, 6.45) is 4.69. The molecule has 1 aromatic rings. The summed E-state index contributed by atoms with van der Waals surface area (Å²) in [5, 5.41) is 28.4. The molecule has 0 radical (unpaired) electrons. The second kappa shape index (κ2) is 5.02. The zero-order valence-corrected chi connectivity index (χ0v) is 10.3. The molecule has 98 valence electrons. The first-order valence-corrected chi connectivity index (χ1v) is 6.03. The highest BCUT2D eigenvalue weighted by atomic mass is 16.3. The molecule has 4 N–H and O–H groups in total. The number of aromatic hydroxyl groups is 2. The highest BCUT2D eigenvalue weighted by Crippen LogP contribution is 2.38. The Morgan fingerprint density at radius 3 is 2.53 bits per heavy atom. The van der Waals surface area contributed by atoms with Crippen molar-refractivity contribution >= 4 is 12.0 Å². The van der Waals surface area contributed by atoms with Gasteiger partial charge in [0.25, 0.3) is 5.91 Å². The quantitative estimate of drug-likeness (QED) is 0.423. The number of fused-ring (bicyclic) bond motifs is 1. The largest absolute Gasteiger partial charge is 0.504 e. The molecule has 5 nitrogen and oxygen atoms in total. The number of amides is 1. The van der Waals surface area contributed by atoms with Gasteiger partial charge < -0.3 is 15.9 Å². The molecule has 0 fully saturated rings. The number of hydrogen-bond acceptors (Lipinski definition) is 4. The van der Waals surface area contributed by atoms with Gasteiger partial charge in [-0.05, 0) is 49.0 Å². The van der Waals surface area contributed by atoms with Crippen molar-refractivity contribution < 1.29 is 15.0 Å². The summed E-state index contributed by atoms with van der Waals surface area (Å²) in [4.78, 5) is 11.1. The predicted octanol–water partition coefficient (Wildman–Crippen LogP) is 1.37. The Balaban J connectivity index is 2.62. The first-order chi connectivity index (χ1) is 9.04. The third kappa shape index (κ3) is 2.38. The minimum Gasteiger partial charge on any atom is -0.504 e. The minimum atomic E-state index is -0.806. The second-order valence-corrected chi connectivity index (χ2v) is 4.53. The molecule has 0 spiro atoms. The molecule has 1 aromatic carbocycles. The van der Waals surface area contributed by atoms with E-state index in [9.17, 15) is 15.0 Å². The molecule has 0 saturated heterocycles. The van der Waals surface area contributed by atoms with Gasteiger partial charge in [-0.1, -0.05) is 0 Å². The Kier molecular flexibility index (Phi) is 3.43. The lowest BCUT2D eigenvalue weighted by Crippen LogP contribution is -2.13. The molecule has 1 amide bonds. The van der Waals surface area contributed by atoms with E-state index in [1.54, 1.807) is 6.07 Å². The monoisotopic (exact) mass is 258 g/mol. The van der Waals surface area contributed by atoms with Gasteiger partial charge in [0.15, 0.2) is 11.5 Å². The Labute approximate surface area is 110 Å². The van der Waals surface area contributed by atoms with Gasteiger partial charge in [0, 0.05) is 5.56 Å². The molecule has 5 heteroatoms.